The van der Waals surface area contributed by atoms with Crippen LogP contribution in [0.25, 0.3) is 0 Å². The Morgan fingerprint density at radius 3 is 2.72 bits per heavy atom. The molecule has 0 aromatic heterocycles. The number of methoxy groups -OCH3 is 1. The molecule has 0 radical (unpaired) electrons. The molecule has 0 aliphatic rings. The van der Waals surface area contributed by atoms with Crippen LogP contribution in [0.15, 0.2) is 30.5 Å². The number of rotatable bonds is 6. The summed E-state index contributed by atoms with van der Waals surface area (Å²) in [6.45, 7) is 6.13. The van der Waals surface area contributed by atoms with E-state index in [-0.39, 0.29) is 11.9 Å². The highest BCUT2D eigenvalue weighted by Gasteiger charge is 2.15. The van der Waals surface area contributed by atoms with Crippen LogP contribution in [0.1, 0.15) is 6.92 Å². The first-order chi connectivity index (χ1) is 8.49. The van der Waals surface area contributed by atoms with Crippen molar-refractivity contribution < 1.29 is 14.2 Å². The number of aromatic hydroxyl groups is 1. The first-order valence-electron chi connectivity index (χ1n) is 5.50. The van der Waals surface area contributed by atoms with E-state index in [1.54, 1.807) is 18.1 Å². The minimum atomic E-state index is -0.668. The second-order valence-electron chi connectivity index (χ2n) is 3.99. The topological polar surface area (TPSA) is 32.7 Å². The quantitative estimate of drug-likeness (QED) is 0.809. The van der Waals surface area contributed by atoms with Gasteiger partial charge in [0.2, 0.25) is 0 Å². The SMILES string of the molecule is C=C(C)N(CC(CCl)OC)c1ccc(O)c(F)c1. The molecule has 0 amide bonds. The number of allylic oxidation sites excluding steroid dienone is 1. The summed E-state index contributed by atoms with van der Waals surface area (Å²) >= 11 is 5.76. The molecule has 0 aliphatic heterocycles. The summed E-state index contributed by atoms with van der Waals surface area (Å²) in [6.07, 6.45) is -0.180. The van der Waals surface area contributed by atoms with Crippen molar-refractivity contribution in [3.8, 4) is 5.75 Å². The van der Waals surface area contributed by atoms with Gasteiger partial charge in [-0.05, 0) is 19.1 Å². The number of hydrogen-bond acceptors (Lipinski definition) is 3. The lowest BCUT2D eigenvalue weighted by Gasteiger charge is -2.28. The Hall–Kier alpha value is -1.26. The number of halogens is 2. The van der Waals surface area contributed by atoms with Gasteiger partial charge in [-0.1, -0.05) is 6.58 Å². The van der Waals surface area contributed by atoms with Gasteiger partial charge in [0.05, 0.1) is 18.5 Å². The maximum absolute atomic E-state index is 13.3. The number of phenolic OH excluding ortho intramolecular Hbond substituents is 1. The van der Waals surface area contributed by atoms with Crippen LogP contribution in [0.3, 0.4) is 0 Å². The first-order valence-corrected chi connectivity index (χ1v) is 6.03. The number of ether oxygens (including phenoxy) is 1. The second kappa shape index (κ2) is 6.61. The Balaban J connectivity index is 2.97. The monoisotopic (exact) mass is 273 g/mol. The molecule has 1 aromatic rings. The van der Waals surface area contributed by atoms with Crippen molar-refractivity contribution in [3.63, 3.8) is 0 Å². The molecule has 1 unspecified atom stereocenters. The maximum atomic E-state index is 13.3. The van der Waals surface area contributed by atoms with Gasteiger partial charge in [0.15, 0.2) is 11.6 Å². The number of alkyl halides is 1. The van der Waals surface area contributed by atoms with E-state index < -0.39 is 5.82 Å². The zero-order valence-electron chi connectivity index (χ0n) is 10.5. The molecule has 5 heteroatoms. The Morgan fingerprint density at radius 2 is 2.28 bits per heavy atom. The van der Waals surface area contributed by atoms with Crippen LogP contribution >= 0.6 is 11.6 Å². The largest absolute Gasteiger partial charge is 0.505 e. The van der Waals surface area contributed by atoms with E-state index in [0.29, 0.717) is 18.1 Å². The third-order valence-corrected chi connectivity index (χ3v) is 2.94. The summed E-state index contributed by atoms with van der Waals surface area (Å²) in [5.74, 6) is -0.708. The molecule has 1 rings (SSSR count). The molecular weight excluding hydrogens is 257 g/mol. The second-order valence-corrected chi connectivity index (χ2v) is 4.30. The predicted octanol–water partition coefficient (Wildman–Crippen LogP) is 3.13. The summed E-state index contributed by atoms with van der Waals surface area (Å²) in [5, 5.41) is 9.18. The van der Waals surface area contributed by atoms with Crippen molar-refractivity contribution in [2.75, 3.05) is 24.4 Å². The summed E-state index contributed by atoms with van der Waals surface area (Å²) in [4.78, 5) is 1.79. The van der Waals surface area contributed by atoms with Gasteiger partial charge in [-0.15, -0.1) is 11.6 Å². The summed E-state index contributed by atoms with van der Waals surface area (Å²) in [6, 6.07) is 4.18. The Bertz CT molecular complexity index is 421. The van der Waals surface area contributed by atoms with Crippen molar-refractivity contribution in [2.45, 2.75) is 13.0 Å². The lowest BCUT2D eigenvalue weighted by atomic mass is 10.2. The molecule has 0 saturated carbocycles. The van der Waals surface area contributed by atoms with Crippen molar-refractivity contribution in [2.24, 2.45) is 0 Å². The fraction of sp³-hybridized carbons (Fsp3) is 0.385. The van der Waals surface area contributed by atoms with Gasteiger partial charge in [0.25, 0.3) is 0 Å². The average Bonchev–Trinajstić information content (AvgIpc) is 2.34. The third-order valence-electron chi connectivity index (χ3n) is 2.60. The van der Waals surface area contributed by atoms with Crippen molar-refractivity contribution in [1.29, 1.82) is 0 Å². The summed E-state index contributed by atoms with van der Waals surface area (Å²) in [5.41, 5.74) is 1.34. The minimum Gasteiger partial charge on any atom is -0.505 e. The molecule has 3 nitrogen and oxygen atoms in total. The van der Waals surface area contributed by atoms with Crippen molar-refractivity contribution in [1.82, 2.24) is 0 Å². The van der Waals surface area contributed by atoms with Crippen molar-refractivity contribution >= 4 is 17.3 Å². The summed E-state index contributed by atoms with van der Waals surface area (Å²) < 4.78 is 18.5. The fourth-order valence-electron chi connectivity index (χ4n) is 1.54. The zero-order chi connectivity index (χ0) is 13.7. The van der Waals surface area contributed by atoms with Gasteiger partial charge in [-0.2, -0.15) is 0 Å². The molecule has 0 fully saturated rings. The van der Waals surface area contributed by atoms with E-state index >= 15 is 0 Å². The molecular formula is C13H17ClFNO2. The van der Waals surface area contributed by atoms with Gasteiger partial charge in [0, 0.05) is 24.6 Å². The molecule has 1 atom stereocenters. The molecule has 0 bridgehead atoms. The van der Waals surface area contributed by atoms with Crippen LogP contribution < -0.4 is 4.90 Å². The van der Waals surface area contributed by atoms with Crippen LogP contribution in [-0.2, 0) is 4.74 Å². The molecule has 18 heavy (non-hydrogen) atoms. The molecule has 1 aromatic carbocycles. The minimum absolute atomic E-state index is 0.180. The van der Waals surface area contributed by atoms with E-state index in [1.165, 1.54) is 12.1 Å². The van der Waals surface area contributed by atoms with Crippen LogP contribution in [0.4, 0.5) is 10.1 Å². The number of benzene rings is 1. The van der Waals surface area contributed by atoms with E-state index in [2.05, 4.69) is 6.58 Å². The van der Waals surface area contributed by atoms with Gasteiger partial charge < -0.3 is 14.7 Å². The number of nitrogens with zero attached hydrogens (tertiary/aromatic N) is 1. The lowest BCUT2D eigenvalue weighted by molar-refractivity contribution is 0.127. The normalized spacial score (nSPS) is 12.2. The highest BCUT2D eigenvalue weighted by Crippen LogP contribution is 2.25. The average molecular weight is 274 g/mol. The Morgan fingerprint density at radius 1 is 1.61 bits per heavy atom. The van der Waals surface area contributed by atoms with E-state index in [0.717, 1.165) is 5.70 Å². The van der Waals surface area contributed by atoms with Gasteiger partial charge in [-0.25, -0.2) is 4.39 Å². The standard InChI is InChI=1S/C13H17ClFNO2/c1-9(2)16(8-11(7-14)18-3)10-4-5-13(17)12(15)6-10/h4-6,11,17H,1,7-8H2,2-3H3. The molecule has 1 N–H and O–H groups in total. The van der Waals surface area contributed by atoms with Crippen LogP contribution in [0.5, 0.6) is 5.75 Å². The predicted molar refractivity (Wildman–Crippen MR) is 71.7 cm³/mol. The molecule has 0 heterocycles. The van der Waals surface area contributed by atoms with Crippen LogP contribution in [0.2, 0.25) is 0 Å². The van der Waals surface area contributed by atoms with E-state index in [9.17, 15) is 9.50 Å². The highest BCUT2D eigenvalue weighted by molar-refractivity contribution is 6.18. The highest BCUT2D eigenvalue weighted by atomic mass is 35.5. The maximum Gasteiger partial charge on any atom is 0.166 e. The molecule has 0 spiro atoms. The van der Waals surface area contributed by atoms with E-state index in [1.807, 2.05) is 6.92 Å². The van der Waals surface area contributed by atoms with Gasteiger partial charge in [-0.3, -0.25) is 0 Å². The molecule has 0 saturated heterocycles. The first kappa shape index (κ1) is 14.8. The fourth-order valence-corrected chi connectivity index (χ4v) is 1.76. The van der Waals surface area contributed by atoms with Crippen LogP contribution in [-0.4, -0.2) is 30.7 Å². The van der Waals surface area contributed by atoms with Gasteiger partial charge >= 0.3 is 0 Å². The summed E-state index contributed by atoms with van der Waals surface area (Å²) in [7, 11) is 1.57. The van der Waals surface area contributed by atoms with Crippen LogP contribution in [0, 0.1) is 5.82 Å². The molecule has 0 aliphatic carbocycles. The molecule has 100 valence electrons. The number of phenols is 1. The van der Waals surface area contributed by atoms with E-state index in [4.69, 9.17) is 16.3 Å². The third kappa shape index (κ3) is 3.62. The Labute approximate surface area is 111 Å². The van der Waals surface area contributed by atoms with Crippen molar-refractivity contribution in [3.05, 3.63) is 36.3 Å². The Kier molecular flexibility index (Phi) is 5.44. The zero-order valence-corrected chi connectivity index (χ0v) is 11.2. The number of hydrogen-bond donors (Lipinski definition) is 1. The smallest absolute Gasteiger partial charge is 0.166 e. The van der Waals surface area contributed by atoms with Gasteiger partial charge in [0.1, 0.15) is 0 Å². The number of anilines is 1. The lowest BCUT2D eigenvalue weighted by Crippen LogP contribution is -2.33.